The molecule has 1 unspecified atom stereocenters. The first-order valence-electron chi connectivity index (χ1n) is 12.5. The molecule has 2 amide bonds. The van der Waals surface area contributed by atoms with Crippen LogP contribution in [-0.2, 0) is 4.79 Å². The summed E-state index contributed by atoms with van der Waals surface area (Å²) < 4.78 is 5.48. The monoisotopic (exact) mass is 458 g/mol. The van der Waals surface area contributed by atoms with Gasteiger partial charge in [-0.15, -0.1) is 0 Å². The van der Waals surface area contributed by atoms with Crippen LogP contribution in [0.25, 0.3) is 0 Å². The van der Waals surface area contributed by atoms with Crippen LogP contribution in [0.5, 0.6) is 5.75 Å². The van der Waals surface area contributed by atoms with Crippen LogP contribution in [0.4, 0.5) is 5.69 Å². The fraction of sp³-hybridized carbons (Fsp3) is 0.692. The number of methoxy groups -OCH3 is 1. The summed E-state index contributed by atoms with van der Waals surface area (Å²) in [4.78, 5) is 25.2. The van der Waals surface area contributed by atoms with Crippen molar-refractivity contribution in [2.75, 3.05) is 12.4 Å². The second-order valence-electron chi connectivity index (χ2n) is 10.5. The van der Waals surface area contributed by atoms with Gasteiger partial charge in [0.1, 0.15) is 5.75 Å². The van der Waals surface area contributed by atoms with Gasteiger partial charge in [0.25, 0.3) is 5.91 Å². The van der Waals surface area contributed by atoms with Crippen molar-refractivity contribution in [3.8, 4) is 5.75 Å². The minimum Gasteiger partial charge on any atom is -0.496 e. The Morgan fingerprint density at radius 3 is 2.25 bits per heavy atom. The van der Waals surface area contributed by atoms with Gasteiger partial charge in [-0.05, 0) is 61.8 Å². The predicted octanol–water partition coefficient (Wildman–Crippen LogP) is 5.81. The highest BCUT2D eigenvalue weighted by atomic mass is 35.5. The summed E-state index contributed by atoms with van der Waals surface area (Å²) in [6, 6.07) is 3.50. The molecule has 4 saturated carbocycles. The average molecular weight is 459 g/mol. The molecule has 1 aromatic carbocycles. The fourth-order valence-corrected chi connectivity index (χ4v) is 7.04. The smallest absolute Gasteiger partial charge is 0.255 e. The Bertz CT molecular complexity index is 862. The summed E-state index contributed by atoms with van der Waals surface area (Å²) >= 11 is 6.42. The topological polar surface area (TPSA) is 67.4 Å². The number of carbonyl (C=O) groups is 2. The molecule has 5 nitrogen and oxygen atoms in total. The average Bonchev–Trinajstić information content (AvgIpc) is 3.53. The molecule has 2 N–H and O–H groups in total. The van der Waals surface area contributed by atoms with Crippen molar-refractivity contribution in [1.29, 1.82) is 0 Å². The molecule has 2 atom stereocenters. The van der Waals surface area contributed by atoms with Crippen LogP contribution in [0, 0.1) is 29.6 Å². The van der Waals surface area contributed by atoms with Crippen molar-refractivity contribution >= 4 is 29.1 Å². The van der Waals surface area contributed by atoms with E-state index in [9.17, 15) is 9.59 Å². The van der Waals surface area contributed by atoms with Crippen LogP contribution in [0.3, 0.4) is 0 Å². The number of anilines is 1. The number of amides is 2. The van der Waals surface area contributed by atoms with E-state index in [1.807, 2.05) is 0 Å². The van der Waals surface area contributed by atoms with Crippen molar-refractivity contribution < 1.29 is 14.3 Å². The van der Waals surface area contributed by atoms with Gasteiger partial charge in [-0.1, -0.05) is 50.1 Å². The van der Waals surface area contributed by atoms with Crippen molar-refractivity contribution in [3.63, 3.8) is 0 Å². The Morgan fingerprint density at radius 2 is 1.62 bits per heavy atom. The third-order valence-corrected chi connectivity index (χ3v) is 8.79. The molecule has 32 heavy (non-hydrogen) atoms. The lowest BCUT2D eigenvalue weighted by atomic mass is 9.60. The molecule has 1 aromatic rings. The lowest BCUT2D eigenvalue weighted by Crippen LogP contribution is -2.38. The summed E-state index contributed by atoms with van der Waals surface area (Å²) in [5.74, 6) is 3.82. The Balaban J connectivity index is 1.24. The molecule has 174 valence electrons. The van der Waals surface area contributed by atoms with Crippen LogP contribution in [0.1, 0.15) is 81.0 Å². The lowest BCUT2D eigenvalue weighted by Gasteiger charge is -2.46. The molecule has 0 spiro atoms. The SMILES string of the molecule is COc1cc(NC(=O)C2CC2)c(Cl)cc1C(=O)N[C@H]1CCC(C2C3CCCC2CCC3)C1. The molecular weight excluding hydrogens is 424 g/mol. The Labute approximate surface area is 196 Å². The van der Waals surface area contributed by atoms with Crippen LogP contribution < -0.4 is 15.4 Å². The molecule has 0 radical (unpaired) electrons. The van der Waals surface area contributed by atoms with Gasteiger partial charge in [-0.2, -0.15) is 0 Å². The van der Waals surface area contributed by atoms with Crippen molar-refractivity contribution in [2.45, 2.75) is 76.7 Å². The first kappa shape index (κ1) is 22.1. The first-order chi connectivity index (χ1) is 15.5. The number of ether oxygens (including phenoxy) is 1. The van der Waals surface area contributed by atoms with Crippen LogP contribution in [-0.4, -0.2) is 25.0 Å². The van der Waals surface area contributed by atoms with Crippen molar-refractivity contribution in [1.82, 2.24) is 5.32 Å². The number of carbonyl (C=O) groups excluding carboxylic acids is 2. The van der Waals surface area contributed by atoms with Gasteiger partial charge >= 0.3 is 0 Å². The molecule has 5 rings (SSSR count). The molecule has 0 saturated heterocycles. The van der Waals surface area contributed by atoms with Gasteiger partial charge in [0, 0.05) is 18.0 Å². The molecule has 4 aliphatic rings. The minimum atomic E-state index is -0.140. The van der Waals surface area contributed by atoms with Gasteiger partial charge in [0.05, 0.1) is 23.4 Å². The maximum atomic E-state index is 13.1. The Hall–Kier alpha value is -1.75. The second-order valence-corrected chi connectivity index (χ2v) is 10.9. The second kappa shape index (κ2) is 9.24. The number of fused-ring (bicyclic) bond motifs is 2. The fourth-order valence-electron chi connectivity index (χ4n) is 6.83. The molecule has 0 aromatic heterocycles. The van der Waals surface area contributed by atoms with E-state index in [2.05, 4.69) is 10.6 Å². The molecule has 6 heteroatoms. The third kappa shape index (κ3) is 4.50. The molecule has 4 aliphatic carbocycles. The summed E-state index contributed by atoms with van der Waals surface area (Å²) in [6.45, 7) is 0. The normalized spacial score (nSPS) is 31.8. The van der Waals surface area contributed by atoms with E-state index in [1.165, 1.54) is 44.9 Å². The van der Waals surface area contributed by atoms with Crippen LogP contribution >= 0.6 is 11.6 Å². The molecule has 2 bridgehead atoms. The number of halogens is 1. The number of benzene rings is 1. The highest BCUT2D eigenvalue weighted by Crippen LogP contribution is 2.51. The standard InChI is InChI=1S/C26H35ClN2O3/c1-32-23-14-22(29-25(30)17-8-9-17)21(27)13-20(23)26(31)28-19-11-10-18(12-19)24-15-4-2-5-16(24)7-3-6-15/h13-19,24H,2-12H2,1H3,(H,28,31)(H,29,30)/t15?,16?,18?,19-,24?/m0/s1. The number of hydrogen-bond donors (Lipinski definition) is 2. The molecular formula is C26H35ClN2O3. The van der Waals surface area contributed by atoms with Gasteiger partial charge in [0.2, 0.25) is 5.91 Å². The van der Waals surface area contributed by atoms with Crippen LogP contribution in [0.15, 0.2) is 12.1 Å². The summed E-state index contributed by atoms with van der Waals surface area (Å²) in [5.41, 5.74) is 0.932. The van der Waals surface area contributed by atoms with Crippen LogP contribution in [0.2, 0.25) is 5.02 Å². The minimum absolute atomic E-state index is 0.0179. The quantitative estimate of drug-likeness (QED) is 0.565. The van der Waals surface area contributed by atoms with Gasteiger partial charge in [-0.3, -0.25) is 9.59 Å². The Kier molecular flexibility index (Phi) is 6.37. The maximum Gasteiger partial charge on any atom is 0.255 e. The van der Waals surface area contributed by atoms with Crippen molar-refractivity contribution in [3.05, 3.63) is 22.7 Å². The summed E-state index contributed by atoms with van der Waals surface area (Å²) in [5, 5.41) is 6.49. The van der Waals surface area contributed by atoms with E-state index in [0.717, 1.165) is 49.4 Å². The highest BCUT2D eigenvalue weighted by Gasteiger charge is 2.43. The van der Waals surface area contributed by atoms with E-state index in [1.54, 1.807) is 19.2 Å². The van der Waals surface area contributed by atoms with Gasteiger partial charge < -0.3 is 15.4 Å². The Morgan fingerprint density at radius 1 is 0.938 bits per heavy atom. The number of nitrogens with one attached hydrogen (secondary N) is 2. The zero-order valence-corrected chi connectivity index (χ0v) is 19.8. The summed E-state index contributed by atoms with van der Waals surface area (Å²) in [7, 11) is 1.54. The first-order valence-corrected chi connectivity index (χ1v) is 12.9. The molecule has 0 heterocycles. The van der Waals surface area contributed by atoms with E-state index >= 15 is 0 Å². The van der Waals surface area contributed by atoms with E-state index < -0.39 is 0 Å². The number of hydrogen-bond acceptors (Lipinski definition) is 3. The summed E-state index contributed by atoms with van der Waals surface area (Å²) in [6.07, 6.45) is 13.7. The highest BCUT2D eigenvalue weighted by molar-refractivity contribution is 6.34. The van der Waals surface area contributed by atoms with Gasteiger partial charge in [0.15, 0.2) is 0 Å². The zero-order valence-electron chi connectivity index (χ0n) is 19.0. The molecule has 0 aliphatic heterocycles. The van der Waals surface area contributed by atoms with E-state index in [-0.39, 0.29) is 23.8 Å². The maximum absolute atomic E-state index is 13.1. The molecule has 4 fully saturated rings. The lowest BCUT2D eigenvalue weighted by molar-refractivity contribution is -0.117. The third-order valence-electron chi connectivity index (χ3n) is 8.48. The number of rotatable bonds is 6. The zero-order chi connectivity index (χ0) is 22.2. The van der Waals surface area contributed by atoms with Gasteiger partial charge in [-0.25, -0.2) is 0 Å². The predicted molar refractivity (Wildman–Crippen MR) is 126 cm³/mol. The van der Waals surface area contributed by atoms with Crippen molar-refractivity contribution in [2.24, 2.45) is 29.6 Å². The largest absolute Gasteiger partial charge is 0.496 e. The van der Waals surface area contributed by atoms with E-state index in [0.29, 0.717) is 22.0 Å². The van der Waals surface area contributed by atoms with E-state index in [4.69, 9.17) is 16.3 Å².